The molecule has 0 bridgehead atoms. The van der Waals surface area contributed by atoms with Gasteiger partial charge in [0.2, 0.25) is 0 Å². The molecular formula is C12H23NO2S. The van der Waals surface area contributed by atoms with Crippen molar-refractivity contribution in [2.45, 2.75) is 39.2 Å². The third-order valence-corrected chi connectivity index (χ3v) is 3.54. The molecule has 0 spiro atoms. The largest absolute Gasteiger partial charge is 0.459 e. The lowest BCUT2D eigenvalue weighted by molar-refractivity contribution is -0.151. The van der Waals surface area contributed by atoms with Crippen LogP contribution in [0.4, 0.5) is 0 Å². The molecule has 0 amide bonds. The monoisotopic (exact) mass is 245 g/mol. The van der Waals surface area contributed by atoms with Crippen molar-refractivity contribution in [2.24, 2.45) is 5.92 Å². The Kier molecular flexibility index (Phi) is 5.62. The molecule has 0 radical (unpaired) electrons. The maximum absolute atomic E-state index is 11.4. The SMILES string of the molecule is CC(C)(C)OC(=O)CSCC1CCCNC1. The summed E-state index contributed by atoms with van der Waals surface area (Å²) >= 11 is 1.69. The first-order valence-electron chi connectivity index (χ1n) is 5.98. The first kappa shape index (κ1) is 13.8. The minimum atomic E-state index is -0.357. The summed E-state index contributed by atoms with van der Waals surface area (Å²) in [6.07, 6.45) is 2.55. The second-order valence-electron chi connectivity index (χ2n) is 5.31. The molecule has 0 aromatic heterocycles. The Hall–Kier alpha value is -0.220. The van der Waals surface area contributed by atoms with Gasteiger partial charge in [-0.1, -0.05) is 0 Å². The number of hydrogen-bond acceptors (Lipinski definition) is 4. The maximum atomic E-state index is 11.4. The van der Waals surface area contributed by atoms with E-state index < -0.39 is 0 Å². The number of esters is 1. The third kappa shape index (κ3) is 6.38. The quantitative estimate of drug-likeness (QED) is 0.770. The van der Waals surface area contributed by atoms with Crippen molar-refractivity contribution < 1.29 is 9.53 Å². The van der Waals surface area contributed by atoms with Gasteiger partial charge in [0, 0.05) is 0 Å². The Balaban J connectivity index is 2.08. The highest BCUT2D eigenvalue weighted by molar-refractivity contribution is 7.99. The highest BCUT2D eigenvalue weighted by Crippen LogP contribution is 2.17. The molecule has 0 aromatic rings. The number of hydrogen-bond donors (Lipinski definition) is 1. The Bertz CT molecular complexity index is 220. The number of carbonyl (C=O) groups excluding carboxylic acids is 1. The van der Waals surface area contributed by atoms with Gasteiger partial charge in [-0.05, 0) is 58.4 Å². The van der Waals surface area contributed by atoms with E-state index in [9.17, 15) is 4.79 Å². The molecule has 94 valence electrons. The number of piperidine rings is 1. The average Bonchev–Trinajstić information content (AvgIpc) is 2.16. The number of ether oxygens (including phenoxy) is 1. The van der Waals surface area contributed by atoms with Crippen LogP contribution in [0.2, 0.25) is 0 Å². The summed E-state index contributed by atoms with van der Waals surface area (Å²) in [4.78, 5) is 11.4. The molecule has 1 heterocycles. The zero-order valence-electron chi connectivity index (χ0n) is 10.5. The second kappa shape index (κ2) is 6.50. The molecule has 3 nitrogen and oxygen atoms in total. The molecule has 0 aliphatic carbocycles. The average molecular weight is 245 g/mol. The van der Waals surface area contributed by atoms with Gasteiger partial charge in [0.1, 0.15) is 5.60 Å². The van der Waals surface area contributed by atoms with E-state index in [0.717, 1.165) is 24.8 Å². The summed E-state index contributed by atoms with van der Waals surface area (Å²) in [7, 11) is 0. The minimum absolute atomic E-state index is 0.0960. The Labute approximate surface area is 103 Å². The van der Waals surface area contributed by atoms with Gasteiger partial charge in [-0.3, -0.25) is 4.79 Å². The van der Waals surface area contributed by atoms with Crippen LogP contribution < -0.4 is 5.32 Å². The summed E-state index contributed by atoms with van der Waals surface area (Å²) < 4.78 is 5.25. The van der Waals surface area contributed by atoms with Gasteiger partial charge < -0.3 is 10.1 Å². The molecule has 4 heteroatoms. The van der Waals surface area contributed by atoms with Gasteiger partial charge in [-0.2, -0.15) is 0 Å². The van der Waals surface area contributed by atoms with Crippen LogP contribution >= 0.6 is 11.8 Å². The molecule has 1 N–H and O–H groups in total. The van der Waals surface area contributed by atoms with E-state index in [1.54, 1.807) is 11.8 Å². The summed E-state index contributed by atoms with van der Waals surface area (Å²) in [5.74, 6) is 2.17. The number of thioether (sulfide) groups is 1. The van der Waals surface area contributed by atoms with Crippen LogP contribution in [0.25, 0.3) is 0 Å². The summed E-state index contributed by atoms with van der Waals surface area (Å²) in [5, 5.41) is 3.38. The van der Waals surface area contributed by atoms with E-state index >= 15 is 0 Å². The van der Waals surface area contributed by atoms with Crippen LogP contribution in [0, 0.1) is 5.92 Å². The fourth-order valence-electron chi connectivity index (χ4n) is 1.75. The molecule has 16 heavy (non-hydrogen) atoms. The van der Waals surface area contributed by atoms with E-state index in [4.69, 9.17) is 4.74 Å². The fourth-order valence-corrected chi connectivity index (χ4v) is 2.71. The lowest BCUT2D eigenvalue weighted by atomic mass is 10.0. The highest BCUT2D eigenvalue weighted by atomic mass is 32.2. The van der Waals surface area contributed by atoms with Crippen LogP contribution in [-0.2, 0) is 9.53 Å². The topological polar surface area (TPSA) is 38.3 Å². The van der Waals surface area contributed by atoms with Crippen LogP contribution in [0.3, 0.4) is 0 Å². The van der Waals surface area contributed by atoms with Crippen molar-refractivity contribution in [2.75, 3.05) is 24.6 Å². The van der Waals surface area contributed by atoms with E-state index in [2.05, 4.69) is 5.32 Å². The van der Waals surface area contributed by atoms with Crippen molar-refractivity contribution in [1.82, 2.24) is 5.32 Å². The number of nitrogens with one attached hydrogen (secondary N) is 1. The highest BCUT2D eigenvalue weighted by Gasteiger charge is 2.17. The van der Waals surface area contributed by atoms with E-state index in [0.29, 0.717) is 5.75 Å². The predicted molar refractivity (Wildman–Crippen MR) is 68.8 cm³/mol. The van der Waals surface area contributed by atoms with Gasteiger partial charge in [0.05, 0.1) is 5.75 Å². The minimum Gasteiger partial charge on any atom is -0.459 e. The van der Waals surface area contributed by atoms with Gasteiger partial charge in [-0.25, -0.2) is 0 Å². The zero-order chi connectivity index (χ0) is 12.0. The lowest BCUT2D eigenvalue weighted by Crippen LogP contribution is -2.31. The Morgan fingerprint density at radius 3 is 2.81 bits per heavy atom. The van der Waals surface area contributed by atoms with Crippen LogP contribution in [-0.4, -0.2) is 36.2 Å². The normalized spacial score (nSPS) is 21.8. The smallest absolute Gasteiger partial charge is 0.316 e. The molecule has 0 saturated carbocycles. The predicted octanol–water partition coefficient (Wildman–Crippen LogP) is 2.06. The molecule has 1 saturated heterocycles. The van der Waals surface area contributed by atoms with Crippen molar-refractivity contribution >= 4 is 17.7 Å². The second-order valence-corrected chi connectivity index (χ2v) is 6.34. The van der Waals surface area contributed by atoms with Crippen molar-refractivity contribution in [3.8, 4) is 0 Å². The van der Waals surface area contributed by atoms with E-state index in [1.165, 1.54) is 12.8 Å². The first-order valence-corrected chi connectivity index (χ1v) is 7.13. The van der Waals surface area contributed by atoms with Gasteiger partial charge in [-0.15, -0.1) is 11.8 Å². The van der Waals surface area contributed by atoms with Crippen molar-refractivity contribution in [3.63, 3.8) is 0 Å². The zero-order valence-corrected chi connectivity index (χ0v) is 11.4. The van der Waals surface area contributed by atoms with E-state index in [1.807, 2.05) is 20.8 Å². The van der Waals surface area contributed by atoms with Crippen LogP contribution in [0.5, 0.6) is 0 Å². The molecule has 1 aliphatic heterocycles. The molecular weight excluding hydrogens is 222 g/mol. The number of rotatable bonds is 4. The maximum Gasteiger partial charge on any atom is 0.316 e. The number of carbonyl (C=O) groups is 1. The molecule has 0 aromatic carbocycles. The molecule has 1 aliphatic rings. The lowest BCUT2D eigenvalue weighted by Gasteiger charge is -2.23. The molecule has 1 unspecified atom stereocenters. The Morgan fingerprint density at radius 2 is 2.25 bits per heavy atom. The molecule has 1 fully saturated rings. The standard InChI is InChI=1S/C12H23NO2S/c1-12(2,3)15-11(14)9-16-8-10-5-4-6-13-7-10/h10,13H,4-9H2,1-3H3. The first-order chi connectivity index (χ1) is 7.47. The molecule has 1 atom stereocenters. The van der Waals surface area contributed by atoms with Crippen molar-refractivity contribution in [3.05, 3.63) is 0 Å². The van der Waals surface area contributed by atoms with E-state index in [-0.39, 0.29) is 11.6 Å². The third-order valence-electron chi connectivity index (χ3n) is 2.39. The van der Waals surface area contributed by atoms with Gasteiger partial charge in [0.15, 0.2) is 0 Å². The summed E-state index contributed by atoms with van der Waals surface area (Å²) in [6, 6.07) is 0. The van der Waals surface area contributed by atoms with Crippen LogP contribution in [0.15, 0.2) is 0 Å². The summed E-state index contributed by atoms with van der Waals surface area (Å²) in [5.41, 5.74) is -0.357. The summed E-state index contributed by atoms with van der Waals surface area (Å²) in [6.45, 7) is 7.95. The van der Waals surface area contributed by atoms with Crippen molar-refractivity contribution in [1.29, 1.82) is 0 Å². The fraction of sp³-hybridized carbons (Fsp3) is 0.917. The Morgan fingerprint density at radius 1 is 1.50 bits per heavy atom. The van der Waals surface area contributed by atoms with Crippen LogP contribution in [0.1, 0.15) is 33.6 Å². The molecule has 1 rings (SSSR count). The van der Waals surface area contributed by atoms with Gasteiger partial charge >= 0.3 is 5.97 Å². The van der Waals surface area contributed by atoms with Gasteiger partial charge in [0.25, 0.3) is 0 Å².